The number of methoxy groups -OCH3 is 1. The van der Waals surface area contributed by atoms with Crippen LogP contribution in [0.3, 0.4) is 0 Å². The summed E-state index contributed by atoms with van der Waals surface area (Å²) in [4.78, 5) is 36.6. The fourth-order valence-corrected chi connectivity index (χ4v) is 2.92. The first-order valence-electron chi connectivity index (χ1n) is 10.6. The van der Waals surface area contributed by atoms with Crippen molar-refractivity contribution < 1.29 is 33.7 Å². The number of alkyl carbamates (subject to hydrolysis) is 1. The lowest BCUT2D eigenvalue weighted by molar-refractivity contribution is -0.130. The number of nitrogens with one attached hydrogen (secondary N) is 2. The van der Waals surface area contributed by atoms with Crippen LogP contribution in [0, 0.1) is 5.92 Å². The maximum Gasteiger partial charge on any atom is 0.407 e. The average Bonchev–Trinajstić information content (AvgIpc) is 2.75. The monoisotopic (exact) mass is 453 g/mol. The summed E-state index contributed by atoms with van der Waals surface area (Å²) in [7, 11) is 1.56. The second-order valence-electron chi connectivity index (χ2n) is 7.72. The molecule has 0 spiro atoms. The Morgan fingerprint density at radius 1 is 1.03 bits per heavy atom. The molecule has 0 fully saturated rings. The Hall–Kier alpha value is -2.69. The number of carbonyl (C=O) groups is 3. The number of rotatable bonds is 15. The highest BCUT2D eigenvalue weighted by Gasteiger charge is 2.30. The van der Waals surface area contributed by atoms with Crippen molar-refractivity contribution in [2.24, 2.45) is 11.7 Å². The molecule has 10 heteroatoms. The van der Waals surface area contributed by atoms with Gasteiger partial charge in [-0.2, -0.15) is 0 Å². The first kappa shape index (κ1) is 27.3. The summed E-state index contributed by atoms with van der Waals surface area (Å²) < 4.78 is 15.1. The largest absolute Gasteiger partial charge is 0.447 e. The van der Waals surface area contributed by atoms with E-state index in [1.54, 1.807) is 7.11 Å². The number of carbonyl (C=O) groups excluding carboxylic acids is 3. The topological polar surface area (TPSA) is 149 Å². The number of aliphatic hydroxyl groups excluding tert-OH is 1. The lowest BCUT2D eigenvalue weighted by atomic mass is 9.98. The number of ether oxygens (including phenoxy) is 3. The lowest BCUT2D eigenvalue weighted by Gasteiger charge is -2.26. The first-order valence-corrected chi connectivity index (χ1v) is 10.6. The zero-order valence-corrected chi connectivity index (χ0v) is 18.9. The summed E-state index contributed by atoms with van der Waals surface area (Å²) in [5, 5.41) is 15.4. The van der Waals surface area contributed by atoms with Crippen molar-refractivity contribution in [3.8, 4) is 0 Å². The van der Waals surface area contributed by atoms with E-state index in [1.807, 2.05) is 44.2 Å². The molecule has 1 rings (SSSR count). The minimum Gasteiger partial charge on any atom is -0.447 e. The van der Waals surface area contributed by atoms with E-state index < -0.39 is 36.1 Å². The van der Waals surface area contributed by atoms with Crippen LogP contribution in [0.5, 0.6) is 0 Å². The minimum atomic E-state index is -1.59. The number of amides is 3. The Bertz CT molecular complexity index is 700. The summed E-state index contributed by atoms with van der Waals surface area (Å²) in [5.41, 5.74) is 6.06. The van der Waals surface area contributed by atoms with Crippen LogP contribution in [0.1, 0.15) is 25.8 Å². The minimum absolute atomic E-state index is 0.0165. The van der Waals surface area contributed by atoms with Gasteiger partial charge in [-0.3, -0.25) is 9.59 Å². The molecule has 3 atom stereocenters. The van der Waals surface area contributed by atoms with Gasteiger partial charge in [-0.1, -0.05) is 44.2 Å². The molecular formula is C22H35N3O7. The number of hydrogen-bond acceptors (Lipinski definition) is 7. The number of aliphatic hydroxyl groups is 1. The van der Waals surface area contributed by atoms with Gasteiger partial charge in [0, 0.05) is 7.11 Å². The zero-order chi connectivity index (χ0) is 23.9. The van der Waals surface area contributed by atoms with E-state index in [1.165, 1.54) is 0 Å². The van der Waals surface area contributed by atoms with Crippen LogP contribution in [-0.4, -0.2) is 74.7 Å². The van der Waals surface area contributed by atoms with Crippen LogP contribution in [0.25, 0.3) is 0 Å². The molecule has 0 heterocycles. The van der Waals surface area contributed by atoms with Crippen molar-refractivity contribution in [3.05, 3.63) is 35.9 Å². The molecule has 0 bridgehead atoms. The Kier molecular flexibility index (Phi) is 13.0. The second-order valence-corrected chi connectivity index (χ2v) is 7.72. The molecule has 3 amide bonds. The summed E-state index contributed by atoms with van der Waals surface area (Å²) >= 11 is 0. The van der Waals surface area contributed by atoms with Crippen molar-refractivity contribution >= 4 is 17.9 Å². The fraction of sp³-hybridized carbons (Fsp3) is 0.591. The number of nitrogens with two attached hydrogens (primary N) is 1. The summed E-state index contributed by atoms with van der Waals surface area (Å²) in [6, 6.07) is 7.19. The van der Waals surface area contributed by atoms with Gasteiger partial charge in [0.05, 0.1) is 25.9 Å². The average molecular weight is 454 g/mol. The highest BCUT2D eigenvalue weighted by molar-refractivity contribution is 5.87. The normalized spacial score (nSPS) is 13.8. The van der Waals surface area contributed by atoms with Gasteiger partial charge < -0.3 is 35.7 Å². The van der Waals surface area contributed by atoms with Gasteiger partial charge in [0.25, 0.3) is 0 Å². The van der Waals surface area contributed by atoms with Crippen LogP contribution in [-0.2, 0) is 30.2 Å². The predicted octanol–water partition coefficient (Wildman–Crippen LogP) is 0.364. The molecule has 0 radical (unpaired) electrons. The predicted molar refractivity (Wildman–Crippen MR) is 118 cm³/mol. The molecule has 0 aromatic heterocycles. The van der Waals surface area contributed by atoms with Gasteiger partial charge in [-0.15, -0.1) is 0 Å². The van der Waals surface area contributed by atoms with E-state index in [9.17, 15) is 19.5 Å². The third-order valence-electron chi connectivity index (χ3n) is 4.51. The molecule has 180 valence electrons. The van der Waals surface area contributed by atoms with E-state index in [0.717, 1.165) is 5.56 Å². The number of benzene rings is 1. The van der Waals surface area contributed by atoms with E-state index in [0.29, 0.717) is 19.6 Å². The standard InChI is InChI=1S/C22H35N3O7/c1-15(2)13-18(25-22(29)32-12-11-31-10-9-30-3)21(28)24-17(19(26)20(23)27)14-16-7-5-4-6-8-16/h4-8,15,17-19,26H,9-14H2,1-3H3,(H2,23,27)(H,24,28)(H,25,29)/t17?,18-,19?/m0/s1. The molecular weight excluding hydrogens is 418 g/mol. The quantitative estimate of drug-likeness (QED) is 0.280. The molecule has 10 nitrogen and oxygen atoms in total. The van der Waals surface area contributed by atoms with Gasteiger partial charge in [0.2, 0.25) is 11.8 Å². The van der Waals surface area contributed by atoms with E-state index in [2.05, 4.69) is 10.6 Å². The molecule has 0 saturated carbocycles. The molecule has 0 aliphatic rings. The lowest BCUT2D eigenvalue weighted by Crippen LogP contribution is -2.56. The van der Waals surface area contributed by atoms with Crippen LogP contribution in [0.15, 0.2) is 30.3 Å². The second kappa shape index (κ2) is 15.2. The smallest absolute Gasteiger partial charge is 0.407 e. The Morgan fingerprint density at radius 3 is 2.28 bits per heavy atom. The molecule has 0 aliphatic carbocycles. The van der Waals surface area contributed by atoms with Crippen molar-refractivity contribution in [3.63, 3.8) is 0 Å². The van der Waals surface area contributed by atoms with Gasteiger partial charge in [0.15, 0.2) is 6.10 Å². The molecule has 0 saturated heterocycles. The summed E-state index contributed by atoms with van der Waals surface area (Å²) in [6.07, 6.45) is -1.84. The van der Waals surface area contributed by atoms with Crippen LogP contribution >= 0.6 is 0 Å². The Balaban J connectivity index is 2.73. The fourth-order valence-electron chi connectivity index (χ4n) is 2.92. The van der Waals surface area contributed by atoms with Gasteiger partial charge in [-0.05, 0) is 24.3 Å². The summed E-state index contributed by atoms with van der Waals surface area (Å²) in [5.74, 6) is -1.42. The molecule has 1 aromatic carbocycles. The highest BCUT2D eigenvalue weighted by atomic mass is 16.6. The molecule has 0 aliphatic heterocycles. The third-order valence-corrected chi connectivity index (χ3v) is 4.51. The van der Waals surface area contributed by atoms with Gasteiger partial charge >= 0.3 is 6.09 Å². The van der Waals surface area contributed by atoms with Crippen LogP contribution in [0.4, 0.5) is 4.79 Å². The Labute approximate surface area is 188 Å². The number of primary amides is 1. The molecule has 1 aromatic rings. The molecule has 5 N–H and O–H groups in total. The first-order chi connectivity index (χ1) is 15.2. The van der Waals surface area contributed by atoms with Crippen LogP contribution < -0.4 is 16.4 Å². The maximum absolute atomic E-state index is 12.9. The van der Waals surface area contributed by atoms with Gasteiger partial charge in [0.1, 0.15) is 12.6 Å². The maximum atomic E-state index is 12.9. The van der Waals surface area contributed by atoms with Crippen molar-refractivity contribution in [1.82, 2.24) is 10.6 Å². The Morgan fingerprint density at radius 2 is 1.69 bits per heavy atom. The SMILES string of the molecule is COCCOCCOC(=O)N[C@@H](CC(C)C)C(=O)NC(Cc1ccccc1)C(O)C(N)=O. The van der Waals surface area contributed by atoms with Crippen molar-refractivity contribution in [1.29, 1.82) is 0 Å². The number of hydrogen-bond donors (Lipinski definition) is 4. The van der Waals surface area contributed by atoms with Gasteiger partial charge in [-0.25, -0.2) is 4.79 Å². The van der Waals surface area contributed by atoms with E-state index in [4.69, 9.17) is 19.9 Å². The molecule has 32 heavy (non-hydrogen) atoms. The highest BCUT2D eigenvalue weighted by Crippen LogP contribution is 2.10. The van der Waals surface area contributed by atoms with Crippen molar-refractivity contribution in [2.75, 3.05) is 33.5 Å². The van der Waals surface area contributed by atoms with E-state index >= 15 is 0 Å². The molecule has 2 unspecified atom stereocenters. The third kappa shape index (κ3) is 11.1. The van der Waals surface area contributed by atoms with Crippen LogP contribution in [0.2, 0.25) is 0 Å². The van der Waals surface area contributed by atoms with E-state index in [-0.39, 0.29) is 25.6 Å². The zero-order valence-electron chi connectivity index (χ0n) is 18.9. The summed E-state index contributed by atoms with van der Waals surface area (Å²) in [6.45, 7) is 4.83. The van der Waals surface area contributed by atoms with Crippen molar-refractivity contribution in [2.45, 2.75) is 44.9 Å².